The molecular weight excluding hydrogens is 240 g/mol. The first-order chi connectivity index (χ1) is 9.00. The number of hydrogen-bond donors (Lipinski definition) is 0. The minimum Gasteiger partial charge on any atom is -0.337 e. The van der Waals surface area contributed by atoms with Gasteiger partial charge in [0.2, 0.25) is 5.82 Å². The molecule has 0 spiro atoms. The van der Waals surface area contributed by atoms with E-state index in [4.69, 9.17) is 0 Å². The van der Waals surface area contributed by atoms with Crippen LogP contribution in [-0.2, 0) is 0 Å². The molecule has 0 bridgehead atoms. The highest BCUT2D eigenvalue weighted by Gasteiger charge is 2.20. The van der Waals surface area contributed by atoms with Crippen LogP contribution in [0.2, 0.25) is 0 Å². The van der Waals surface area contributed by atoms with Crippen LogP contribution in [0.1, 0.15) is 30.3 Å². The number of nitrogens with zero attached hydrogens (tertiary/aromatic N) is 4. The third kappa shape index (κ3) is 2.65. The molecule has 0 aliphatic rings. The van der Waals surface area contributed by atoms with Gasteiger partial charge in [-0.3, -0.25) is 4.79 Å². The molecule has 100 valence electrons. The summed E-state index contributed by atoms with van der Waals surface area (Å²) < 4.78 is 1.68. The monoisotopic (exact) mass is 258 g/mol. The fourth-order valence-electron chi connectivity index (χ4n) is 1.69. The van der Waals surface area contributed by atoms with Gasteiger partial charge in [-0.15, -0.1) is 5.10 Å². The third-order valence-electron chi connectivity index (χ3n) is 3.06. The smallest absolute Gasteiger partial charge is 0.293 e. The summed E-state index contributed by atoms with van der Waals surface area (Å²) in [6.45, 7) is 5.75. The Bertz CT molecular complexity index is 574. The zero-order chi connectivity index (χ0) is 14.0. The van der Waals surface area contributed by atoms with Crippen molar-refractivity contribution in [1.29, 1.82) is 0 Å². The van der Waals surface area contributed by atoms with Gasteiger partial charge in [0.05, 0.1) is 5.69 Å². The van der Waals surface area contributed by atoms with Crippen LogP contribution in [-0.4, -0.2) is 38.7 Å². The average Bonchev–Trinajstić information content (AvgIpc) is 2.80. The quantitative estimate of drug-likeness (QED) is 0.846. The molecule has 0 radical (unpaired) electrons. The fraction of sp³-hybridized carbons (Fsp3) is 0.357. The topological polar surface area (TPSA) is 51.0 Å². The highest BCUT2D eigenvalue weighted by molar-refractivity contribution is 5.90. The van der Waals surface area contributed by atoms with Crippen LogP contribution in [0.25, 0.3) is 5.69 Å². The molecule has 5 nitrogen and oxygen atoms in total. The maximum atomic E-state index is 12.2. The minimum absolute atomic E-state index is 0.122. The molecule has 0 aliphatic carbocycles. The van der Waals surface area contributed by atoms with Gasteiger partial charge in [-0.2, -0.15) is 0 Å². The van der Waals surface area contributed by atoms with Gasteiger partial charge in [-0.05, 0) is 32.9 Å². The maximum Gasteiger partial charge on any atom is 0.293 e. The Hall–Kier alpha value is -2.17. The number of carbonyl (C=O) groups is 1. The Kier molecular flexibility index (Phi) is 3.64. The van der Waals surface area contributed by atoms with Gasteiger partial charge in [0.25, 0.3) is 5.91 Å². The van der Waals surface area contributed by atoms with E-state index in [1.54, 1.807) is 16.6 Å². The van der Waals surface area contributed by atoms with Crippen molar-refractivity contribution in [2.24, 2.45) is 0 Å². The zero-order valence-corrected chi connectivity index (χ0v) is 11.7. The Balaban J connectivity index is 2.35. The standard InChI is InChI=1S/C14H18N4O/c1-10(2)17(4)14(19)13-15-11(3)18(16-13)12-8-6-5-7-9-12/h5-10H,1-4H3. The van der Waals surface area contributed by atoms with Crippen LogP contribution < -0.4 is 0 Å². The molecule has 0 unspecified atom stereocenters. The molecule has 1 aromatic heterocycles. The van der Waals surface area contributed by atoms with Gasteiger partial charge in [-0.25, -0.2) is 9.67 Å². The van der Waals surface area contributed by atoms with Crippen molar-refractivity contribution in [3.63, 3.8) is 0 Å². The van der Waals surface area contributed by atoms with Crippen LogP contribution in [0, 0.1) is 6.92 Å². The molecule has 0 N–H and O–H groups in total. The maximum absolute atomic E-state index is 12.2. The molecule has 19 heavy (non-hydrogen) atoms. The molecule has 0 fully saturated rings. The van der Waals surface area contributed by atoms with Gasteiger partial charge in [0.1, 0.15) is 5.82 Å². The predicted octanol–water partition coefficient (Wildman–Crippen LogP) is 2.06. The zero-order valence-electron chi connectivity index (χ0n) is 11.7. The van der Waals surface area contributed by atoms with Gasteiger partial charge in [0.15, 0.2) is 0 Å². The van der Waals surface area contributed by atoms with E-state index in [9.17, 15) is 4.79 Å². The lowest BCUT2D eigenvalue weighted by atomic mass is 10.3. The van der Waals surface area contributed by atoms with E-state index in [1.165, 1.54) is 0 Å². The molecule has 2 aromatic rings. The fourth-order valence-corrected chi connectivity index (χ4v) is 1.69. The minimum atomic E-state index is -0.159. The molecule has 5 heteroatoms. The van der Waals surface area contributed by atoms with Crippen molar-refractivity contribution in [1.82, 2.24) is 19.7 Å². The number of aryl methyl sites for hydroxylation is 1. The van der Waals surface area contributed by atoms with Gasteiger partial charge < -0.3 is 4.90 Å². The van der Waals surface area contributed by atoms with Crippen LogP contribution in [0.5, 0.6) is 0 Å². The predicted molar refractivity (Wildman–Crippen MR) is 73.3 cm³/mol. The summed E-state index contributed by atoms with van der Waals surface area (Å²) in [4.78, 5) is 18.1. The van der Waals surface area contributed by atoms with Crippen LogP contribution in [0.15, 0.2) is 30.3 Å². The number of carbonyl (C=O) groups excluding carboxylic acids is 1. The number of para-hydroxylation sites is 1. The third-order valence-corrected chi connectivity index (χ3v) is 3.06. The van der Waals surface area contributed by atoms with Crippen LogP contribution >= 0.6 is 0 Å². The Morgan fingerprint density at radius 2 is 1.89 bits per heavy atom. The highest BCUT2D eigenvalue weighted by atomic mass is 16.2. The molecule has 0 atom stereocenters. The Morgan fingerprint density at radius 3 is 2.47 bits per heavy atom. The lowest BCUT2D eigenvalue weighted by Crippen LogP contribution is -2.33. The molecule has 2 rings (SSSR count). The Morgan fingerprint density at radius 1 is 1.26 bits per heavy atom. The molecular formula is C14H18N4O. The van der Waals surface area contributed by atoms with E-state index in [0.29, 0.717) is 5.82 Å². The van der Waals surface area contributed by atoms with Crippen molar-refractivity contribution in [3.05, 3.63) is 42.0 Å². The van der Waals surface area contributed by atoms with Gasteiger partial charge >= 0.3 is 0 Å². The summed E-state index contributed by atoms with van der Waals surface area (Å²) in [7, 11) is 1.76. The van der Waals surface area contributed by atoms with Crippen LogP contribution in [0.3, 0.4) is 0 Å². The summed E-state index contributed by atoms with van der Waals surface area (Å²) >= 11 is 0. The molecule has 0 saturated carbocycles. The van der Waals surface area contributed by atoms with Crippen molar-refractivity contribution in [3.8, 4) is 5.69 Å². The second-order valence-electron chi connectivity index (χ2n) is 4.74. The highest BCUT2D eigenvalue weighted by Crippen LogP contribution is 2.10. The summed E-state index contributed by atoms with van der Waals surface area (Å²) in [6.07, 6.45) is 0. The van der Waals surface area contributed by atoms with Gasteiger partial charge in [0, 0.05) is 13.1 Å². The van der Waals surface area contributed by atoms with Gasteiger partial charge in [-0.1, -0.05) is 18.2 Å². The van der Waals surface area contributed by atoms with Crippen molar-refractivity contribution < 1.29 is 4.79 Å². The first kappa shape index (κ1) is 13.3. The van der Waals surface area contributed by atoms with E-state index in [-0.39, 0.29) is 17.8 Å². The lowest BCUT2D eigenvalue weighted by Gasteiger charge is -2.19. The number of rotatable bonds is 3. The van der Waals surface area contributed by atoms with Crippen LogP contribution in [0.4, 0.5) is 0 Å². The molecule has 0 saturated heterocycles. The summed E-state index contributed by atoms with van der Waals surface area (Å²) in [6, 6.07) is 9.78. The number of hydrogen-bond acceptors (Lipinski definition) is 3. The van der Waals surface area contributed by atoms with E-state index in [0.717, 1.165) is 5.69 Å². The number of amides is 1. The first-order valence-electron chi connectivity index (χ1n) is 6.27. The summed E-state index contributed by atoms with van der Waals surface area (Å²) in [5.74, 6) is 0.775. The second-order valence-corrected chi connectivity index (χ2v) is 4.74. The molecule has 1 aromatic carbocycles. The van der Waals surface area contributed by atoms with E-state index in [1.807, 2.05) is 51.1 Å². The van der Waals surface area contributed by atoms with E-state index < -0.39 is 0 Å². The van der Waals surface area contributed by atoms with Crippen molar-refractivity contribution in [2.75, 3.05) is 7.05 Å². The van der Waals surface area contributed by atoms with E-state index in [2.05, 4.69) is 10.1 Å². The van der Waals surface area contributed by atoms with Crippen molar-refractivity contribution >= 4 is 5.91 Å². The van der Waals surface area contributed by atoms with Crippen molar-refractivity contribution in [2.45, 2.75) is 26.8 Å². The largest absolute Gasteiger partial charge is 0.337 e. The number of benzene rings is 1. The molecule has 1 amide bonds. The first-order valence-corrected chi connectivity index (χ1v) is 6.27. The molecule has 0 aliphatic heterocycles. The lowest BCUT2D eigenvalue weighted by molar-refractivity contribution is 0.0742. The second kappa shape index (κ2) is 5.22. The normalized spacial score (nSPS) is 10.8. The average molecular weight is 258 g/mol. The summed E-state index contributed by atoms with van der Waals surface area (Å²) in [5, 5.41) is 4.30. The number of aromatic nitrogens is 3. The molecule has 1 heterocycles. The summed E-state index contributed by atoms with van der Waals surface area (Å²) in [5.41, 5.74) is 0.902. The Labute approximate surface area is 112 Å². The SMILES string of the molecule is Cc1nc(C(=O)N(C)C(C)C)nn1-c1ccccc1. The van der Waals surface area contributed by atoms with E-state index >= 15 is 0 Å².